The zero-order chi connectivity index (χ0) is 11.8. The smallest absolute Gasteiger partial charge is 0.317 e. The summed E-state index contributed by atoms with van der Waals surface area (Å²) in [5.74, 6) is -0.278. The van der Waals surface area contributed by atoms with E-state index in [-0.39, 0.29) is 17.9 Å². The van der Waals surface area contributed by atoms with E-state index in [4.69, 9.17) is 0 Å². The van der Waals surface area contributed by atoms with Crippen LogP contribution >= 0.6 is 0 Å². The lowest BCUT2D eigenvalue weighted by molar-refractivity contribution is 0.193. The molecular weight excluding hydrogens is 221 g/mol. The highest BCUT2D eigenvalue weighted by Crippen LogP contribution is 2.24. The van der Waals surface area contributed by atoms with Gasteiger partial charge in [-0.1, -0.05) is 0 Å². The van der Waals surface area contributed by atoms with Gasteiger partial charge in [-0.05, 0) is 24.3 Å². The molecule has 0 spiro atoms. The molecule has 2 saturated heterocycles. The number of anilines is 1. The maximum atomic E-state index is 12.8. The summed E-state index contributed by atoms with van der Waals surface area (Å²) in [7, 11) is 0. The Balaban J connectivity index is 1.85. The summed E-state index contributed by atoms with van der Waals surface area (Å²) in [4.78, 5) is 15.8. The van der Waals surface area contributed by atoms with Crippen LogP contribution in [-0.4, -0.2) is 43.2 Å². The van der Waals surface area contributed by atoms with Crippen LogP contribution in [0.2, 0.25) is 0 Å². The van der Waals surface area contributed by atoms with Crippen molar-refractivity contribution in [1.82, 2.24) is 10.2 Å². The van der Waals surface area contributed by atoms with Crippen LogP contribution in [0.1, 0.15) is 0 Å². The minimum absolute atomic E-state index is 0.0307. The molecule has 0 aliphatic carbocycles. The first-order valence-corrected chi connectivity index (χ1v) is 5.80. The Kier molecular flexibility index (Phi) is 2.48. The Labute approximate surface area is 99.0 Å². The molecule has 0 aromatic heterocycles. The van der Waals surface area contributed by atoms with Crippen molar-refractivity contribution in [2.24, 2.45) is 0 Å². The topological polar surface area (TPSA) is 35.6 Å². The molecule has 2 aliphatic rings. The number of carbonyl (C=O) groups excluding carboxylic acids is 1. The Morgan fingerprint density at radius 3 is 2.76 bits per heavy atom. The van der Waals surface area contributed by atoms with Crippen molar-refractivity contribution in [3.05, 3.63) is 30.1 Å². The van der Waals surface area contributed by atoms with Crippen LogP contribution in [0, 0.1) is 5.82 Å². The van der Waals surface area contributed by atoms with Gasteiger partial charge < -0.3 is 10.2 Å². The third-order valence-electron chi connectivity index (χ3n) is 3.36. The van der Waals surface area contributed by atoms with Gasteiger partial charge in [-0.3, -0.25) is 4.90 Å². The molecule has 2 aliphatic heterocycles. The summed E-state index contributed by atoms with van der Waals surface area (Å²) >= 11 is 0. The van der Waals surface area contributed by atoms with Gasteiger partial charge in [0.25, 0.3) is 0 Å². The van der Waals surface area contributed by atoms with Crippen molar-refractivity contribution in [2.45, 2.75) is 6.04 Å². The molecular formula is C12H14FN3O. The zero-order valence-electron chi connectivity index (χ0n) is 9.40. The van der Waals surface area contributed by atoms with E-state index in [2.05, 4.69) is 5.32 Å². The number of urea groups is 1. The number of fused-ring (bicyclic) bond motifs is 1. The fourth-order valence-corrected chi connectivity index (χ4v) is 2.46. The average Bonchev–Trinajstić information content (AvgIpc) is 2.69. The standard InChI is InChI=1S/C12H14FN3O/c13-9-1-3-10(4-2-9)16-8-11-7-14-5-6-15(11)12(16)17/h1-4,11,14H,5-8H2. The quantitative estimate of drug-likeness (QED) is 0.789. The molecule has 17 heavy (non-hydrogen) atoms. The number of carbonyl (C=O) groups is 1. The molecule has 2 heterocycles. The largest absolute Gasteiger partial charge is 0.324 e. The van der Waals surface area contributed by atoms with Crippen LogP contribution in [0.3, 0.4) is 0 Å². The van der Waals surface area contributed by atoms with Crippen LogP contribution in [0.25, 0.3) is 0 Å². The number of nitrogens with one attached hydrogen (secondary N) is 1. The minimum Gasteiger partial charge on any atom is -0.317 e. The third kappa shape index (κ3) is 1.76. The van der Waals surface area contributed by atoms with Crippen molar-refractivity contribution in [1.29, 1.82) is 0 Å². The summed E-state index contributed by atoms with van der Waals surface area (Å²) < 4.78 is 12.8. The molecule has 2 amide bonds. The van der Waals surface area contributed by atoms with Crippen LogP contribution in [0.15, 0.2) is 24.3 Å². The lowest BCUT2D eigenvalue weighted by Crippen LogP contribution is -2.49. The van der Waals surface area contributed by atoms with E-state index in [0.717, 1.165) is 25.3 Å². The Hall–Kier alpha value is -1.62. The van der Waals surface area contributed by atoms with Crippen molar-refractivity contribution in [2.75, 3.05) is 31.1 Å². The summed E-state index contributed by atoms with van der Waals surface area (Å²) in [6.45, 7) is 3.11. The molecule has 1 aromatic carbocycles. The molecule has 1 aromatic rings. The summed E-state index contributed by atoms with van der Waals surface area (Å²) in [5.41, 5.74) is 0.769. The molecule has 0 saturated carbocycles. The van der Waals surface area contributed by atoms with Crippen molar-refractivity contribution >= 4 is 11.7 Å². The molecule has 1 atom stereocenters. The Morgan fingerprint density at radius 1 is 1.29 bits per heavy atom. The molecule has 0 radical (unpaired) electrons. The second-order valence-corrected chi connectivity index (χ2v) is 4.42. The average molecular weight is 235 g/mol. The van der Waals surface area contributed by atoms with E-state index in [1.807, 2.05) is 4.90 Å². The molecule has 1 N–H and O–H groups in total. The van der Waals surface area contributed by atoms with Gasteiger partial charge >= 0.3 is 6.03 Å². The molecule has 0 bridgehead atoms. The maximum Gasteiger partial charge on any atom is 0.324 e. The van der Waals surface area contributed by atoms with Crippen LogP contribution in [0.5, 0.6) is 0 Å². The highest BCUT2D eigenvalue weighted by Gasteiger charge is 2.38. The number of hydrogen-bond donors (Lipinski definition) is 1. The van der Waals surface area contributed by atoms with E-state index in [1.54, 1.807) is 17.0 Å². The normalized spacial score (nSPS) is 24.1. The lowest BCUT2D eigenvalue weighted by atomic mass is 10.2. The second kappa shape index (κ2) is 4.00. The van der Waals surface area contributed by atoms with Gasteiger partial charge in [-0.25, -0.2) is 9.18 Å². The number of halogens is 1. The second-order valence-electron chi connectivity index (χ2n) is 4.42. The highest BCUT2D eigenvalue weighted by molar-refractivity contribution is 5.94. The molecule has 3 rings (SSSR count). The van der Waals surface area contributed by atoms with E-state index in [9.17, 15) is 9.18 Å². The summed E-state index contributed by atoms with van der Waals surface area (Å²) in [5, 5.41) is 3.28. The van der Waals surface area contributed by atoms with E-state index >= 15 is 0 Å². The number of hydrogen-bond acceptors (Lipinski definition) is 2. The fraction of sp³-hybridized carbons (Fsp3) is 0.417. The van der Waals surface area contributed by atoms with E-state index < -0.39 is 0 Å². The Morgan fingerprint density at radius 2 is 2.06 bits per heavy atom. The van der Waals surface area contributed by atoms with Gasteiger partial charge in [-0.15, -0.1) is 0 Å². The predicted octanol–water partition coefficient (Wildman–Crippen LogP) is 1.04. The third-order valence-corrected chi connectivity index (χ3v) is 3.36. The monoisotopic (exact) mass is 235 g/mol. The SMILES string of the molecule is O=C1N(c2ccc(F)cc2)CC2CNCCN12. The van der Waals surface area contributed by atoms with E-state index in [1.165, 1.54) is 12.1 Å². The zero-order valence-corrected chi connectivity index (χ0v) is 9.40. The first kappa shape index (κ1) is 10.5. The molecule has 1 unspecified atom stereocenters. The van der Waals surface area contributed by atoms with Crippen LogP contribution in [-0.2, 0) is 0 Å². The van der Waals surface area contributed by atoms with E-state index in [0.29, 0.717) is 6.54 Å². The molecule has 5 heteroatoms. The maximum absolute atomic E-state index is 12.8. The fourth-order valence-electron chi connectivity index (χ4n) is 2.46. The number of amides is 2. The van der Waals surface area contributed by atoms with Gasteiger partial charge in [-0.2, -0.15) is 0 Å². The van der Waals surface area contributed by atoms with Crippen molar-refractivity contribution in [3.63, 3.8) is 0 Å². The van der Waals surface area contributed by atoms with Gasteiger partial charge in [0.05, 0.1) is 6.04 Å². The van der Waals surface area contributed by atoms with Crippen LogP contribution < -0.4 is 10.2 Å². The first-order valence-electron chi connectivity index (χ1n) is 5.80. The van der Waals surface area contributed by atoms with Gasteiger partial charge in [0.1, 0.15) is 5.82 Å². The van der Waals surface area contributed by atoms with Crippen LogP contribution in [0.4, 0.5) is 14.9 Å². The Bertz CT molecular complexity index is 434. The summed E-state index contributed by atoms with van der Waals surface area (Å²) in [6, 6.07) is 6.35. The van der Waals surface area contributed by atoms with Gasteiger partial charge in [0.2, 0.25) is 0 Å². The molecule has 90 valence electrons. The molecule has 4 nitrogen and oxygen atoms in total. The number of piperazine rings is 1. The first-order chi connectivity index (χ1) is 8.25. The highest BCUT2D eigenvalue weighted by atomic mass is 19.1. The van der Waals surface area contributed by atoms with Gasteiger partial charge in [0, 0.05) is 31.9 Å². The molecule has 2 fully saturated rings. The van der Waals surface area contributed by atoms with Crippen molar-refractivity contribution < 1.29 is 9.18 Å². The predicted molar refractivity (Wildman–Crippen MR) is 62.5 cm³/mol. The lowest BCUT2D eigenvalue weighted by Gasteiger charge is -2.28. The number of benzene rings is 1. The number of nitrogens with zero attached hydrogens (tertiary/aromatic N) is 2. The van der Waals surface area contributed by atoms with Gasteiger partial charge in [0.15, 0.2) is 0 Å². The number of rotatable bonds is 1. The minimum atomic E-state index is -0.278. The van der Waals surface area contributed by atoms with Crippen molar-refractivity contribution in [3.8, 4) is 0 Å². The summed E-state index contributed by atoms with van der Waals surface area (Å²) in [6.07, 6.45) is 0.